The number of rotatable bonds is 4. The van der Waals surface area contributed by atoms with Gasteiger partial charge < -0.3 is 10.6 Å². The van der Waals surface area contributed by atoms with E-state index in [2.05, 4.69) is 46.1 Å². The Balaban J connectivity index is 1.93. The van der Waals surface area contributed by atoms with E-state index in [0.29, 0.717) is 12.0 Å². The first-order valence-electron chi connectivity index (χ1n) is 8.21. The summed E-state index contributed by atoms with van der Waals surface area (Å²) < 4.78 is 0. The molecule has 0 bridgehead atoms. The molecule has 23 heavy (non-hydrogen) atoms. The Kier molecular flexibility index (Phi) is 4.48. The third-order valence-electron chi connectivity index (χ3n) is 4.54. The summed E-state index contributed by atoms with van der Waals surface area (Å²) in [5, 5.41) is 0. The summed E-state index contributed by atoms with van der Waals surface area (Å²) in [5.41, 5.74) is 9.16. The summed E-state index contributed by atoms with van der Waals surface area (Å²) in [5.74, 6) is 1.13. The van der Waals surface area contributed by atoms with Crippen LogP contribution in [0.15, 0.2) is 30.3 Å². The molecule has 3 rings (SSSR count). The van der Waals surface area contributed by atoms with Crippen LogP contribution in [0.25, 0.3) is 11.3 Å². The number of nitrogen functional groups attached to an aromatic ring is 1. The van der Waals surface area contributed by atoms with Gasteiger partial charge in [0.1, 0.15) is 5.82 Å². The minimum Gasteiger partial charge on any atom is -0.368 e. The van der Waals surface area contributed by atoms with Gasteiger partial charge in [0.05, 0.1) is 5.69 Å². The van der Waals surface area contributed by atoms with Crippen LogP contribution >= 0.6 is 0 Å². The Hall–Kier alpha value is -2.14. The lowest BCUT2D eigenvalue weighted by atomic mass is 10.0. The molecule has 1 aromatic heterocycles. The average Bonchev–Trinajstić information content (AvgIpc) is 3.08. The predicted molar refractivity (Wildman–Crippen MR) is 95.4 cm³/mol. The molecule has 2 N–H and O–H groups in total. The van der Waals surface area contributed by atoms with E-state index in [1.54, 1.807) is 0 Å². The Bertz CT molecular complexity index is 677. The number of nitrogens with zero attached hydrogens (tertiary/aromatic N) is 4. The number of hydrogen-bond donors (Lipinski definition) is 1. The van der Waals surface area contributed by atoms with E-state index in [1.807, 2.05) is 25.1 Å². The van der Waals surface area contributed by atoms with Gasteiger partial charge in [0.25, 0.3) is 0 Å². The standard InChI is InChI=1S/C18H25N5/c1-13(23-9-4-5-10-23)14-7-6-8-15(11-14)16-12-17(22(2)3)21-18(19)20-16/h6-8,11-13H,4-5,9-10H2,1-3H3,(H2,19,20,21)/t13-/m1/s1. The highest BCUT2D eigenvalue weighted by Crippen LogP contribution is 2.28. The Morgan fingerprint density at radius 2 is 1.87 bits per heavy atom. The zero-order valence-corrected chi connectivity index (χ0v) is 14.2. The minimum atomic E-state index is 0.309. The molecule has 0 unspecified atom stereocenters. The SMILES string of the molecule is C[C@H](c1cccc(-c2cc(N(C)C)nc(N)n2)c1)N1CCCC1. The highest BCUT2D eigenvalue weighted by molar-refractivity contribution is 5.65. The van der Waals surface area contributed by atoms with E-state index in [4.69, 9.17) is 5.73 Å². The van der Waals surface area contributed by atoms with Crippen molar-refractivity contribution in [1.82, 2.24) is 14.9 Å². The van der Waals surface area contributed by atoms with Gasteiger partial charge in [0.15, 0.2) is 0 Å². The fraction of sp³-hybridized carbons (Fsp3) is 0.444. The zero-order chi connectivity index (χ0) is 16.4. The van der Waals surface area contributed by atoms with E-state index in [0.717, 1.165) is 17.1 Å². The summed E-state index contributed by atoms with van der Waals surface area (Å²) in [6.07, 6.45) is 2.61. The largest absolute Gasteiger partial charge is 0.368 e. The predicted octanol–water partition coefficient (Wildman–Crippen LogP) is 2.95. The third-order valence-corrected chi connectivity index (χ3v) is 4.54. The molecule has 1 atom stereocenters. The second-order valence-electron chi connectivity index (χ2n) is 6.41. The molecular weight excluding hydrogens is 286 g/mol. The van der Waals surface area contributed by atoms with Gasteiger partial charge in [-0.3, -0.25) is 4.90 Å². The molecule has 2 aromatic rings. The second-order valence-corrected chi connectivity index (χ2v) is 6.41. The molecular formula is C18H25N5. The molecule has 0 radical (unpaired) electrons. The molecule has 1 aliphatic heterocycles. The molecule has 1 aromatic carbocycles. The fourth-order valence-corrected chi connectivity index (χ4v) is 3.13. The molecule has 0 aliphatic carbocycles. The van der Waals surface area contributed by atoms with Gasteiger partial charge in [-0.15, -0.1) is 0 Å². The molecule has 2 heterocycles. The maximum absolute atomic E-state index is 5.87. The van der Waals surface area contributed by atoms with Crippen molar-refractivity contribution in [2.24, 2.45) is 0 Å². The van der Waals surface area contributed by atoms with Gasteiger partial charge in [0.2, 0.25) is 5.95 Å². The zero-order valence-electron chi connectivity index (χ0n) is 14.2. The van der Waals surface area contributed by atoms with E-state index in [9.17, 15) is 0 Å². The molecule has 1 fully saturated rings. The van der Waals surface area contributed by atoms with Crippen LogP contribution in [0.2, 0.25) is 0 Å². The molecule has 0 saturated carbocycles. The molecule has 5 heteroatoms. The number of hydrogen-bond acceptors (Lipinski definition) is 5. The van der Waals surface area contributed by atoms with Crippen molar-refractivity contribution in [3.05, 3.63) is 35.9 Å². The quantitative estimate of drug-likeness (QED) is 0.941. The van der Waals surface area contributed by atoms with Gasteiger partial charge in [-0.05, 0) is 44.5 Å². The van der Waals surface area contributed by atoms with Crippen LogP contribution in [0.4, 0.5) is 11.8 Å². The van der Waals surface area contributed by atoms with Crippen molar-refractivity contribution < 1.29 is 0 Å². The molecule has 5 nitrogen and oxygen atoms in total. The van der Waals surface area contributed by atoms with Crippen molar-refractivity contribution in [2.75, 3.05) is 37.8 Å². The number of nitrogens with two attached hydrogens (primary N) is 1. The van der Waals surface area contributed by atoms with Crippen LogP contribution < -0.4 is 10.6 Å². The van der Waals surface area contributed by atoms with E-state index < -0.39 is 0 Å². The van der Waals surface area contributed by atoms with Crippen molar-refractivity contribution in [3.8, 4) is 11.3 Å². The van der Waals surface area contributed by atoms with Crippen molar-refractivity contribution in [2.45, 2.75) is 25.8 Å². The number of anilines is 2. The normalized spacial score (nSPS) is 16.5. The highest BCUT2D eigenvalue weighted by atomic mass is 15.2. The van der Waals surface area contributed by atoms with Crippen LogP contribution in [0.5, 0.6) is 0 Å². The summed E-state index contributed by atoms with van der Waals surface area (Å²) >= 11 is 0. The molecule has 0 amide bonds. The molecule has 1 saturated heterocycles. The van der Waals surface area contributed by atoms with Crippen LogP contribution in [0.1, 0.15) is 31.4 Å². The van der Waals surface area contributed by atoms with Crippen molar-refractivity contribution >= 4 is 11.8 Å². The molecule has 122 valence electrons. The number of likely N-dealkylation sites (tertiary alicyclic amines) is 1. The summed E-state index contributed by atoms with van der Waals surface area (Å²) in [6.45, 7) is 4.66. The smallest absolute Gasteiger partial charge is 0.222 e. The average molecular weight is 311 g/mol. The van der Waals surface area contributed by atoms with Gasteiger partial charge in [-0.25, -0.2) is 4.98 Å². The first-order chi connectivity index (χ1) is 11.0. The minimum absolute atomic E-state index is 0.309. The molecule has 0 spiro atoms. The first kappa shape index (κ1) is 15.7. The number of aromatic nitrogens is 2. The van der Waals surface area contributed by atoms with Crippen LogP contribution in [0, 0.1) is 0 Å². The Morgan fingerprint density at radius 1 is 1.13 bits per heavy atom. The lowest BCUT2D eigenvalue weighted by molar-refractivity contribution is 0.263. The van der Waals surface area contributed by atoms with Gasteiger partial charge in [-0.1, -0.05) is 18.2 Å². The second kappa shape index (κ2) is 6.54. The third kappa shape index (κ3) is 3.45. The summed E-state index contributed by atoms with van der Waals surface area (Å²) in [4.78, 5) is 13.2. The molecule has 1 aliphatic rings. The number of benzene rings is 1. The lowest BCUT2D eigenvalue weighted by Gasteiger charge is -2.24. The maximum Gasteiger partial charge on any atom is 0.222 e. The van der Waals surface area contributed by atoms with Gasteiger partial charge >= 0.3 is 0 Å². The van der Waals surface area contributed by atoms with Crippen molar-refractivity contribution in [1.29, 1.82) is 0 Å². The van der Waals surface area contributed by atoms with Crippen LogP contribution in [0.3, 0.4) is 0 Å². The van der Waals surface area contributed by atoms with Gasteiger partial charge in [-0.2, -0.15) is 4.98 Å². The van der Waals surface area contributed by atoms with Crippen molar-refractivity contribution in [3.63, 3.8) is 0 Å². The summed E-state index contributed by atoms with van der Waals surface area (Å²) in [6, 6.07) is 11.0. The highest BCUT2D eigenvalue weighted by Gasteiger charge is 2.19. The van der Waals surface area contributed by atoms with E-state index in [-0.39, 0.29) is 0 Å². The van der Waals surface area contributed by atoms with Gasteiger partial charge in [0, 0.05) is 31.8 Å². The lowest BCUT2D eigenvalue weighted by Crippen LogP contribution is -2.23. The topological polar surface area (TPSA) is 58.3 Å². The van der Waals surface area contributed by atoms with E-state index in [1.165, 1.54) is 31.5 Å². The first-order valence-corrected chi connectivity index (χ1v) is 8.21. The fourth-order valence-electron chi connectivity index (χ4n) is 3.13. The Labute approximate surface area is 138 Å². The van der Waals surface area contributed by atoms with Crippen LogP contribution in [-0.4, -0.2) is 42.1 Å². The van der Waals surface area contributed by atoms with Crippen LogP contribution in [-0.2, 0) is 0 Å². The Morgan fingerprint density at radius 3 is 2.57 bits per heavy atom. The van der Waals surface area contributed by atoms with E-state index >= 15 is 0 Å². The summed E-state index contributed by atoms with van der Waals surface area (Å²) in [7, 11) is 3.91. The maximum atomic E-state index is 5.87. The monoisotopic (exact) mass is 311 g/mol.